The van der Waals surface area contributed by atoms with Gasteiger partial charge in [-0.1, -0.05) is 26.2 Å². The van der Waals surface area contributed by atoms with Crippen LogP contribution in [0.25, 0.3) is 0 Å². The molecule has 0 radical (unpaired) electrons. The van der Waals surface area contributed by atoms with E-state index in [-0.39, 0.29) is 12.1 Å². The fourth-order valence-corrected chi connectivity index (χ4v) is 7.48. The van der Waals surface area contributed by atoms with Crippen molar-refractivity contribution in [2.75, 3.05) is 0 Å². The first-order valence-electron chi connectivity index (χ1n) is 4.52. The molecule has 0 heterocycles. The minimum absolute atomic E-state index is 0.180. The van der Waals surface area contributed by atoms with Gasteiger partial charge < -0.3 is 10.2 Å². The summed E-state index contributed by atoms with van der Waals surface area (Å²) in [5.74, 6) is -1.60. The monoisotopic (exact) mass is 234 g/mol. The molecule has 0 aromatic carbocycles. The van der Waals surface area contributed by atoms with E-state index in [1.54, 1.807) is 0 Å². The molecule has 0 aliphatic carbocycles. The number of carbonyl (C=O) groups is 2. The van der Waals surface area contributed by atoms with Crippen LogP contribution in [-0.2, 0) is 9.59 Å². The number of carboxylic acids is 2. The smallest absolute Gasteiger partial charge is 0.300 e. The second-order valence-electron chi connectivity index (χ2n) is 4.91. The summed E-state index contributed by atoms with van der Waals surface area (Å²) in [6.45, 7) is 7.93. The third-order valence-corrected chi connectivity index (χ3v) is 21.1. The summed E-state index contributed by atoms with van der Waals surface area (Å²) >= 11 is 0. The molecule has 0 bridgehead atoms. The summed E-state index contributed by atoms with van der Waals surface area (Å²) in [6, 6.07) is 0.360. The third kappa shape index (κ3) is 3.63. The zero-order chi connectivity index (χ0) is 11.6. The van der Waals surface area contributed by atoms with E-state index in [0.29, 0.717) is 0 Å². The van der Waals surface area contributed by atoms with Crippen molar-refractivity contribution in [2.24, 2.45) is 0 Å². The number of rotatable bonds is 5. The van der Waals surface area contributed by atoms with Gasteiger partial charge in [0.25, 0.3) is 11.9 Å². The molecule has 0 aliphatic rings. The standard InChI is InChI=1S/C8H18O4Si2/c1-13(2,5-7(9)10)14(3,4)6-8(11)12/h5-6H2,1-4H3,(H,9,10)(H,11,12). The normalized spacial score (nSPS) is 12.6. The van der Waals surface area contributed by atoms with E-state index in [1.807, 2.05) is 26.2 Å². The van der Waals surface area contributed by atoms with E-state index in [1.165, 1.54) is 0 Å². The van der Waals surface area contributed by atoms with E-state index in [2.05, 4.69) is 0 Å². The van der Waals surface area contributed by atoms with Crippen molar-refractivity contribution in [2.45, 2.75) is 38.3 Å². The molecule has 0 saturated heterocycles. The highest BCUT2D eigenvalue weighted by atomic mass is 29.3. The van der Waals surface area contributed by atoms with Crippen molar-refractivity contribution >= 4 is 27.1 Å². The molecule has 0 atom stereocenters. The van der Waals surface area contributed by atoms with Crippen molar-refractivity contribution < 1.29 is 19.8 Å². The Kier molecular flexibility index (Phi) is 4.07. The fourth-order valence-electron chi connectivity index (χ4n) is 1.23. The summed E-state index contributed by atoms with van der Waals surface area (Å²) in [5.41, 5.74) is 0. The average Bonchev–Trinajstić information content (AvgIpc) is 1.78. The highest BCUT2D eigenvalue weighted by Crippen LogP contribution is 2.26. The largest absolute Gasteiger partial charge is 0.481 e. The van der Waals surface area contributed by atoms with Crippen LogP contribution in [0.4, 0.5) is 0 Å². The Hall–Kier alpha value is -0.626. The lowest BCUT2D eigenvalue weighted by Crippen LogP contribution is -2.56. The van der Waals surface area contributed by atoms with Gasteiger partial charge >= 0.3 is 0 Å². The summed E-state index contributed by atoms with van der Waals surface area (Å²) in [6.07, 6.45) is 0. The topological polar surface area (TPSA) is 74.6 Å². The summed E-state index contributed by atoms with van der Waals surface area (Å²) in [4.78, 5) is 21.3. The van der Waals surface area contributed by atoms with E-state index >= 15 is 0 Å². The Morgan fingerprint density at radius 1 is 0.857 bits per heavy atom. The van der Waals surface area contributed by atoms with Crippen LogP contribution in [0.2, 0.25) is 38.3 Å². The predicted molar refractivity (Wildman–Crippen MR) is 59.8 cm³/mol. The number of aliphatic carboxylic acids is 2. The fraction of sp³-hybridized carbons (Fsp3) is 0.750. The molecule has 0 rings (SSSR count). The second kappa shape index (κ2) is 4.26. The molecule has 0 aliphatic heterocycles. The highest BCUT2D eigenvalue weighted by molar-refractivity contribution is 7.41. The molecule has 6 heteroatoms. The average molecular weight is 234 g/mol. The van der Waals surface area contributed by atoms with E-state index < -0.39 is 27.1 Å². The van der Waals surface area contributed by atoms with Gasteiger partial charge in [0, 0.05) is 12.1 Å². The van der Waals surface area contributed by atoms with Crippen LogP contribution in [0.15, 0.2) is 0 Å². The SMILES string of the molecule is C[Si](C)(CC(=O)O)[Si](C)(C)CC(=O)O. The maximum absolute atomic E-state index is 10.7. The molecule has 0 fully saturated rings. The molecule has 0 aromatic heterocycles. The summed E-state index contributed by atoms with van der Waals surface area (Å²) in [5, 5.41) is 17.5. The molecule has 14 heavy (non-hydrogen) atoms. The van der Waals surface area contributed by atoms with Crippen molar-refractivity contribution in [3.05, 3.63) is 0 Å². The van der Waals surface area contributed by atoms with Crippen molar-refractivity contribution in [1.29, 1.82) is 0 Å². The molecular weight excluding hydrogens is 216 g/mol. The molecule has 0 amide bonds. The summed E-state index contributed by atoms with van der Waals surface area (Å²) < 4.78 is 0. The van der Waals surface area contributed by atoms with Gasteiger partial charge in [0.15, 0.2) is 0 Å². The molecule has 82 valence electrons. The Balaban J connectivity index is 4.67. The lowest BCUT2D eigenvalue weighted by atomic mass is 10.8. The molecule has 0 aromatic rings. The third-order valence-electron chi connectivity index (χ3n) is 3.02. The number of hydrogen-bond donors (Lipinski definition) is 2. The van der Waals surface area contributed by atoms with Crippen LogP contribution in [0.5, 0.6) is 0 Å². The molecular formula is C8H18O4Si2. The van der Waals surface area contributed by atoms with Crippen molar-refractivity contribution in [3.63, 3.8) is 0 Å². The lowest BCUT2D eigenvalue weighted by molar-refractivity contribution is -0.135. The van der Waals surface area contributed by atoms with E-state index in [9.17, 15) is 9.59 Å². The van der Waals surface area contributed by atoms with Crippen molar-refractivity contribution in [1.82, 2.24) is 0 Å². The maximum Gasteiger partial charge on any atom is 0.300 e. The van der Waals surface area contributed by atoms with Gasteiger partial charge in [0.1, 0.15) is 0 Å². The predicted octanol–water partition coefficient (Wildman–Crippen LogP) is 1.65. The molecule has 0 unspecified atom stereocenters. The van der Waals surface area contributed by atoms with Gasteiger partial charge in [0.2, 0.25) is 0 Å². The van der Waals surface area contributed by atoms with Gasteiger partial charge in [0.05, 0.1) is 15.2 Å². The molecule has 4 nitrogen and oxygen atoms in total. The van der Waals surface area contributed by atoms with Gasteiger partial charge in [-0.25, -0.2) is 0 Å². The Bertz CT molecular complexity index is 222. The van der Waals surface area contributed by atoms with Gasteiger partial charge in [-0.3, -0.25) is 9.59 Å². The van der Waals surface area contributed by atoms with Crippen LogP contribution in [0.1, 0.15) is 0 Å². The second-order valence-corrected chi connectivity index (χ2v) is 21.3. The first-order chi connectivity index (χ1) is 6.08. The number of carboxylic acid groups (broad SMARTS) is 2. The zero-order valence-electron chi connectivity index (χ0n) is 9.13. The van der Waals surface area contributed by atoms with Gasteiger partial charge in [-0.2, -0.15) is 0 Å². The van der Waals surface area contributed by atoms with Crippen molar-refractivity contribution in [3.8, 4) is 0 Å². The minimum atomic E-state index is -1.90. The number of hydrogen-bond acceptors (Lipinski definition) is 2. The van der Waals surface area contributed by atoms with Crippen LogP contribution < -0.4 is 0 Å². The quantitative estimate of drug-likeness (QED) is 0.709. The van der Waals surface area contributed by atoms with Crippen LogP contribution in [0.3, 0.4) is 0 Å². The first kappa shape index (κ1) is 13.4. The lowest BCUT2D eigenvalue weighted by Gasteiger charge is -2.36. The maximum atomic E-state index is 10.7. The Morgan fingerprint density at radius 2 is 1.07 bits per heavy atom. The highest BCUT2D eigenvalue weighted by Gasteiger charge is 2.43. The van der Waals surface area contributed by atoms with E-state index in [4.69, 9.17) is 10.2 Å². The van der Waals surface area contributed by atoms with Crippen LogP contribution >= 0.6 is 0 Å². The Labute approximate surface area is 85.8 Å². The van der Waals surface area contributed by atoms with E-state index in [0.717, 1.165) is 0 Å². The van der Waals surface area contributed by atoms with Gasteiger partial charge in [-0.15, -0.1) is 0 Å². The Morgan fingerprint density at radius 3 is 1.21 bits per heavy atom. The van der Waals surface area contributed by atoms with Crippen LogP contribution in [-0.4, -0.2) is 37.3 Å². The molecule has 2 N–H and O–H groups in total. The zero-order valence-corrected chi connectivity index (χ0v) is 11.1. The van der Waals surface area contributed by atoms with Gasteiger partial charge in [-0.05, 0) is 0 Å². The molecule has 0 saturated carbocycles. The summed E-state index contributed by atoms with van der Waals surface area (Å²) in [7, 11) is -3.80. The minimum Gasteiger partial charge on any atom is -0.481 e. The van der Waals surface area contributed by atoms with Crippen LogP contribution in [0, 0.1) is 0 Å². The molecule has 0 spiro atoms. The first-order valence-corrected chi connectivity index (χ1v) is 11.9.